The molecule has 0 aliphatic carbocycles. The second-order valence-electron chi connectivity index (χ2n) is 11.2. The van der Waals surface area contributed by atoms with Crippen LogP contribution in [0.3, 0.4) is 0 Å². The van der Waals surface area contributed by atoms with Crippen molar-refractivity contribution in [2.45, 2.75) is 45.3 Å². The quantitative estimate of drug-likeness (QED) is 0.297. The summed E-state index contributed by atoms with van der Waals surface area (Å²) in [5.74, 6) is 0.323. The fourth-order valence-electron chi connectivity index (χ4n) is 5.02. The predicted octanol–water partition coefficient (Wildman–Crippen LogP) is 4.19. The van der Waals surface area contributed by atoms with Crippen LogP contribution in [-0.2, 0) is 29.6 Å². The molecule has 1 unspecified atom stereocenters. The van der Waals surface area contributed by atoms with E-state index in [2.05, 4.69) is 10.4 Å². The second kappa shape index (κ2) is 13.0. The molecule has 0 saturated heterocycles. The summed E-state index contributed by atoms with van der Waals surface area (Å²) in [6.07, 6.45) is -0.148. The molecule has 4 aromatic rings. The highest BCUT2D eigenvalue weighted by molar-refractivity contribution is 5.92. The largest absolute Gasteiger partial charge is 0.493 e. The van der Waals surface area contributed by atoms with Crippen LogP contribution in [0.4, 0.5) is 0 Å². The normalized spacial score (nSPS) is 12.0. The van der Waals surface area contributed by atoms with Gasteiger partial charge in [0.05, 0.1) is 38.8 Å². The molecule has 0 saturated carbocycles. The third kappa shape index (κ3) is 6.97. The standard InChI is InChI=1S/C33H38N4O6/c1-33(2,3)34-31(39)29(22-17-26(41-5)30(43-7)27(18-22)42-6)37(20-21-13-9-8-10-14-21)28(38)19-25-23-15-11-12-16-24(23)32(40)36(4)35-25/h8-18,29H,19-20H2,1-7H3,(H,34,39). The Kier molecular flexibility index (Phi) is 9.38. The van der Waals surface area contributed by atoms with Crippen molar-refractivity contribution in [2.24, 2.45) is 7.05 Å². The average molecular weight is 587 g/mol. The van der Waals surface area contributed by atoms with Crippen LogP contribution in [0.15, 0.2) is 71.5 Å². The van der Waals surface area contributed by atoms with Gasteiger partial charge in [-0.25, -0.2) is 4.68 Å². The van der Waals surface area contributed by atoms with Crippen LogP contribution < -0.4 is 25.1 Å². The molecule has 0 aliphatic rings. The van der Waals surface area contributed by atoms with E-state index in [1.807, 2.05) is 51.1 Å². The van der Waals surface area contributed by atoms with Crippen LogP contribution in [0.5, 0.6) is 17.2 Å². The van der Waals surface area contributed by atoms with Gasteiger partial charge >= 0.3 is 0 Å². The molecule has 1 atom stereocenters. The Hall–Kier alpha value is -4.86. The number of hydrogen-bond acceptors (Lipinski definition) is 7. The lowest BCUT2D eigenvalue weighted by molar-refractivity contribution is -0.141. The molecule has 226 valence electrons. The van der Waals surface area contributed by atoms with Gasteiger partial charge in [0.15, 0.2) is 11.5 Å². The fourth-order valence-corrected chi connectivity index (χ4v) is 5.02. The van der Waals surface area contributed by atoms with Crippen LogP contribution >= 0.6 is 0 Å². The van der Waals surface area contributed by atoms with E-state index in [9.17, 15) is 14.4 Å². The minimum atomic E-state index is -1.08. The van der Waals surface area contributed by atoms with E-state index in [1.54, 1.807) is 43.4 Å². The molecule has 2 amide bonds. The summed E-state index contributed by atoms with van der Waals surface area (Å²) in [5.41, 5.74) is 0.884. The van der Waals surface area contributed by atoms with Crippen molar-refractivity contribution >= 4 is 22.6 Å². The minimum absolute atomic E-state index is 0.127. The number of aromatic nitrogens is 2. The van der Waals surface area contributed by atoms with Crippen molar-refractivity contribution < 1.29 is 23.8 Å². The molecule has 10 nitrogen and oxygen atoms in total. The molecule has 0 bridgehead atoms. The maximum atomic E-state index is 14.4. The molecule has 1 heterocycles. The number of carbonyl (C=O) groups is 2. The van der Waals surface area contributed by atoms with Gasteiger partial charge in [-0.15, -0.1) is 0 Å². The smallest absolute Gasteiger partial charge is 0.274 e. The minimum Gasteiger partial charge on any atom is -0.493 e. The molecule has 1 aromatic heterocycles. The highest BCUT2D eigenvalue weighted by atomic mass is 16.5. The van der Waals surface area contributed by atoms with Crippen molar-refractivity contribution in [1.82, 2.24) is 20.0 Å². The van der Waals surface area contributed by atoms with Gasteiger partial charge in [-0.2, -0.15) is 5.10 Å². The van der Waals surface area contributed by atoms with E-state index in [-0.39, 0.29) is 30.3 Å². The topological polar surface area (TPSA) is 112 Å². The van der Waals surface area contributed by atoms with E-state index in [0.717, 1.165) is 5.56 Å². The van der Waals surface area contributed by atoms with E-state index < -0.39 is 11.6 Å². The number of ether oxygens (including phenoxy) is 3. The second-order valence-corrected chi connectivity index (χ2v) is 11.2. The summed E-state index contributed by atoms with van der Waals surface area (Å²) in [6.45, 7) is 5.76. The summed E-state index contributed by atoms with van der Waals surface area (Å²) in [6, 6.07) is 18.8. The molecule has 3 aromatic carbocycles. The summed E-state index contributed by atoms with van der Waals surface area (Å²) < 4.78 is 17.9. The Morgan fingerprint density at radius 3 is 2.05 bits per heavy atom. The zero-order chi connectivity index (χ0) is 31.3. The first-order valence-electron chi connectivity index (χ1n) is 13.9. The Bertz CT molecular complexity index is 1650. The Labute approximate surface area is 251 Å². The van der Waals surface area contributed by atoms with Gasteiger partial charge in [-0.3, -0.25) is 14.4 Å². The molecular weight excluding hydrogens is 548 g/mol. The van der Waals surface area contributed by atoms with Crippen LogP contribution in [0.2, 0.25) is 0 Å². The Morgan fingerprint density at radius 1 is 0.907 bits per heavy atom. The van der Waals surface area contributed by atoms with E-state index in [0.29, 0.717) is 39.3 Å². The monoisotopic (exact) mass is 586 g/mol. The lowest BCUT2D eigenvalue weighted by Gasteiger charge is -2.34. The summed E-state index contributed by atoms with van der Waals surface area (Å²) in [4.78, 5) is 42.8. The van der Waals surface area contributed by atoms with Gasteiger partial charge in [0, 0.05) is 24.5 Å². The summed E-state index contributed by atoms with van der Waals surface area (Å²) in [7, 11) is 6.04. The Morgan fingerprint density at radius 2 is 1.49 bits per heavy atom. The van der Waals surface area contributed by atoms with Crippen molar-refractivity contribution in [3.63, 3.8) is 0 Å². The van der Waals surface area contributed by atoms with Crippen LogP contribution in [0.1, 0.15) is 43.6 Å². The van der Waals surface area contributed by atoms with Crippen LogP contribution in [0, 0.1) is 0 Å². The lowest BCUT2D eigenvalue weighted by atomic mass is 9.99. The maximum Gasteiger partial charge on any atom is 0.274 e. The van der Waals surface area contributed by atoms with Gasteiger partial charge in [0.25, 0.3) is 5.56 Å². The van der Waals surface area contributed by atoms with Crippen LogP contribution in [0.25, 0.3) is 10.8 Å². The number of methoxy groups -OCH3 is 3. The molecule has 10 heteroatoms. The third-order valence-electron chi connectivity index (χ3n) is 6.93. The van der Waals surface area contributed by atoms with Crippen LogP contribution in [-0.4, -0.2) is 53.4 Å². The highest BCUT2D eigenvalue weighted by Gasteiger charge is 2.35. The Balaban J connectivity index is 1.91. The van der Waals surface area contributed by atoms with E-state index in [4.69, 9.17) is 14.2 Å². The van der Waals surface area contributed by atoms with Crippen molar-refractivity contribution in [1.29, 1.82) is 0 Å². The fraction of sp³-hybridized carbons (Fsp3) is 0.333. The van der Waals surface area contributed by atoms with Gasteiger partial charge < -0.3 is 24.4 Å². The number of nitrogens with zero attached hydrogens (tertiary/aromatic N) is 3. The number of amides is 2. The van der Waals surface area contributed by atoms with Crippen molar-refractivity contribution in [3.8, 4) is 17.2 Å². The first-order valence-corrected chi connectivity index (χ1v) is 13.9. The molecule has 4 rings (SSSR count). The van der Waals surface area contributed by atoms with Gasteiger partial charge in [0.1, 0.15) is 6.04 Å². The molecule has 0 fully saturated rings. The molecule has 0 aliphatic heterocycles. The number of fused-ring (bicyclic) bond motifs is 1. The number of hydrogen-bond donors (Lipinski definition) is 1. The first kappa shape index (κ1) is 31.1. The van der Waals surface area contributed by atoms with E-state index >= 15 is 0 Å². The molecule has 43 heavy (non-hydrogen) atoms. The number of rotatable bonds is 10. The number of nitrogens with one attached hydrogen (secondary N) is 1. The van der Waals surface area contributed by atoms with E-state index in [1.165, 1.54) is 30.9 Å². The van der Waals surface area contributed by atoms with Crippen molar-refractivity contribution in [3.05, 3.63) is 93.9 Å². The zero-order valence-corrected chi connectivity index (χ0v) is 25.6. The average Bonchev–Trinajstić information content (AvgIpc) is 2.98. The molecular formula is C33H38N4O6. The molecule has 0 radical (unpaired) electrons. The van der Waals surface area contributed by atoms with Gasteiger partial charge in [-0.1, -0.05) is 48.5 Å². The van der Waals surface area contributed by atoms with Crippen molar-refractivity contribution in [2.75, 3.05) is 21.3 Å². The zero-order valence-electron chi connectivity index (χ0n) is 25.6. The number of aryl methyl sites for hydroxylation is 1. The maximum absolute atomic E-state index is 14.4. The van der Waals surface area contributed by atoms with Gasteiger partial charge in [0.2, 0.25) is 17.6 Å². The summed E-state index contributed by atoms with van der Waals surface area (Å²) >= 11 is 0. The third-order valence-corrected chi connectivity index (χ3v) is 6.93. The van der Waals surface area contributed by atoms with Gasteiger partial charge in [-0.05, 0) is 50.1 Å². The SMILES string of the molecule is COc1cc(C(C(=O)NC(C)(C)C)N(Cc2ccccc2)C(=O)Cc2nn(C)c(=O)c3ccccc23)cc(OC)c1OC. The predicted molar refractivity (Wildman–Crippen MR) is 164 cm³/mol. The summed E-state index contributed by atoms with van der Waals surface area (Å²) in [5, 5.41) is 8.54. The lowest BCUT2D eigenvalue weighted by Crippen LogP contribution is -2.49. The first-order chi connectivity index (χ1) is 20.5. The highest BCUT2D eigenvalue weighted by Crippen LogP contribution is 2.41. The molecule has 0 spiro atoms. The number of benzene rings is 3. The number of carbonyl (C=O) groups excluding carboxylic acids is 2. The molecule has 1 N–H and O–H groups in total.